The van der Waals surface area contributed by atoms with Crippen LogP contribution in [0, 0.1) is 12.8 Å². The van der Waals surface area contributed by atoms with E-state index in [1.807, 2.05) is 6.07 Å². The molecule has 1 aromatic carbocycles. The standard InChI is InChI=1S/C16H23N3/c1-4-19(11-12(2)10-17)16-9-13(3)18-15-8-6-5-7-14(15)16/h5-9,12H,4,10-11,17H2,1-3H3. The van der Waals surface area contributed by atoms with Gasteiger partial charge in [-0.25, -0.2) is 0 Å². The third kappa shape index (κ3) is 3.04. The van der Waals surface area contributed by atoms with Crippen LogP contribution >= 0.6 is 0 Å². The summed E-state index contributed by atoms with van der Waals surface area (Å²) in [4.78, 5) is 7.00. The van der Waals surface area contributed by atoms with Gasteiger partial charge in [0, 0.05) is 29.9 Å². The average molecular weight is 257 g/mol. The number of rotatable bonds is 5. The largest absolute Gasteiger partial charge is 0.371 e. The first-order valence-electron chi connectivity index (χ1n) is 6.97. The number of anilines is 1. The van der Waals surface area contributed by atoms with Gasteiger partial charge in [-0.05, 0) is 38.4 Å². The first kappa shape index (κ1) is 13.8. The van der Waals surface area contributed by atoms with Gasteiger partial charge in [-0.2, -0.15) is 0 Å². The monoisotopic (exact) mass is 257 g/mol. The molecule has 2 rings (SSSR count). The number of hydrogen-bond donors (Lipinski definition) is 1. The molecule has 0 radical (unpaired) electrons. The van der Waals surface area contributed by atoms with Gasteiger partial charge in [0.2, 0.25) is 0 Å². The van der Waals surface area contributed by atoms with Crippen molar-refractivity contribution in [1.29, 1.82) is 0 Å². The zero-order valence-electron chi connectivity index (χ0n) is 12.1. The van der Waals surface area contributed by atoms with Crippen LogP contribution < -0.4 is 10.6 Å². The Balaban J connectivity index is 2.46. The molecule has 1 atom stereocenters. The molecule has 1 heterocycles. The fourth-order valence-corrected chi connectivity index (χ4v) is 2.40. The van der Waals surface area contributed by atoms with Gasteiger partial charge in [-0.1, -0.05) is 25.1 Å². The second-order valence-electron chi connectivity index (χ2n) is 5.18. The normalized spacial score (nSPS) is 12.6. The molecule has 0 bridgehead atoms. The van der Waals surface area contributed by atoms with E-state index < -0.39 is 0 Å². The number of hydrogen-bond acceptors (Lipinski definition) is 3. The van der Waals surface area contributed by atoms with Gasteiger partial charge in [-0.15, -0.1) is 0 Å². The van der Waals surface area contributed by atoms with Crippen molar-refractivity contribution < 1.29 is 0 Å². The predicted octanol–water partition coefficient (Wildman–Crippen LogP) is 2.96. The van der Waals surface area contributed by atoms with E-state index in [1.165, 1.54) is 11.1 Å². The van der Waals surface area contributed by atoms with Gasteiger partial charge in [0.15, 0.2) is 0 Å². The number of fused-ring (bicyclic) bond motifs is 1. The third-order valence-corrected chi connectivity index (χ3v) is 3.48. The second kappa shape index (κ2) is 6.02. The van der Waals surface area contributed by atoms with Crippen LogP contribution in [0.25, 0.3) is 10.9 Å². The summed E-state index contributed by atoms with van der Waals surface area (Å²) in [5, 5.41) is 1.22. The van der Waals surface area contributed by atoms with Crippen LogP contribution in [0.2, 0.25) is 0 Å². The van der Waals surface area contributed by atoms with Crippen LogP contribution in [0.4, 0.5) is 5.69 Å². The molecule has 2 aromatic rings. The molecular formula is C16H23N3. The molecule has 0 fully saturated rings. The van der Waals surface area contributed by atoms with Gasteiger partial charge in [-0.3, -0.25) is 4.98 Å². The highest BCUT2D eigenvalue weighted by atomic mass is 15.1. The van der Waals surface area contributed by atoms with Crippen LogP contribution in [0.15, 0.2) is 30.3 Å². The predicted molar refractivity (Wildman–Crippen MR) is 82.6 cm³/mol. The molecule has 3 heteroatoms. The molecule has 102 valence electrons. The van der Waals surface area contributed by atoms with Crippen LogP contribution in [0.5, 0.6) is 0 Å². The number of aromatic nitrogens is 1. The number of nitrogens with two attached hydrogens (primary N) is 1. The Bertz CT molecular complexity index is 551. The minimum absolute atomic E-state index is 0.493. The highest BCUT2D eigenvalue weighted by molar-refractivity contribution is 5.91. The number of pyridine rings is 1. The summed E-state index contributed by atoms with van der Waals surface area (Å²) < 4.78 is 0. The van der Waals surface area contributed by atoms with Crippen molar-refractivity contribution in [3.63, 3.8) is 0 Å². The van der Waals surface area contributed by atoms with Crippen molar-refractivity contribution in [2.24, 2.45) is 11.7 Å². The Morgan fingerprint density at radius 1 is 1.32 bits per heavy atom. The summed E-state index contributed by atoms with van der Waals surface area (Å²) in [5.41, 5.74) is 9.15. The summed E-state index contributed by atoms with van der Waals surface area (Å²) in [7, 11) is 0. The van der Waals surface area contributed by atoms with Gasteiger partial charge < -0.3 is 10.6 Å². The van der Waals surface area contributed by atoms with E-state index in [0.717, 1.165) is 30.8 Å². The molecule has 2 N–H and O–H groups in total. The number of aryl methyl sites for hydroxylation is 1. The van der Waals surface area contributed by atoms with Crippen LogP contribution in [0.1, 0.15) is 19.5 Å². The number of nitrogens with zero attached hydrogens (tertiary/aromatic N) is 2. The Labute approximate surface area is 115 Å². The number of benzene rings is 1. The highest BCUT2D eigenvalue weighted by Gasteiger charge is 2.12. The zero-order valence-corrected chi connectivity index (χ0v) is 12.1. The molecule has 0 saturated heterocycles. The topological polar surface area (TPSA) is 42.1 Å². The van der Waals surface area contributed by atoms with Crippen LogP contribution in [-0.2, 0) is 0 Å². The van der Waals surface area contributed by atoms with Crippen molar-refractivity contribution in [2.45, 2.75) is 20.8 Å². The molecule has 1 unspecified atom stereocenters. The Hall–Kier alpha value is -1.61. The highest BCUT2D eigenvalue weighted by Crippen LogP contribution is 2.27. The fourth-order valence-electron chi connectivity index (χ4n) is 2.40. The SMILES string of the molecule is CCN(CC(C)CN)c1cc(C)nc2ccccc12. The van der Waals surface area contributed by atoms with E-state index >= 15 is 0 Å². The minimum Gasteiger partial charge on any atom is -0.371 e. The summed E-state index contributed by atoms with van der Waals surface area (Å²) in [6.45, 7) is 9.12. The Kier molecular flexibility index (Phi) is 4.38. The van der Waals surface area contributed by atoms with Crippen molar-refractivity contribution >= 4 is 16.6 Å². The maximum absolute atomic E-state index is 5.76. The first-order chi connectivity index (χ1) is 9.15. The molecule has 1 aromatic heterocycles. The molecular weight excluding hydrogens is 234 g/mol. The summed E-state index contributed by atoms with van der Waals surface area (Å²) in [6, 6.07) is 10.5. The zero-order chi connectivity index (χ0) is 13.8. The Morgan fingerprint density at radius 3 is 2.74 bits per heavy atom. The quantitative estimate of drug-likeness (QED) is 0.895. The lowest BCUT2D eigenvalue weighted by atomic mass is 10.1. The summed E-state index contributed by atoms with van der Waals surface area (Å²) in [6.07, 6.45) is 0. The molecule has 0 amide bonds. The molecule has 0 saturated carbocycles. The van der Waals surface area contributed by atoms with Gasteiger partial charge in [0.25, 0.3) is 0 Å². The van der Waals surface area contributed by atoms with E-state index in [0.29, 0.717) is 5.92 Å². The fraction of sp³-hybridized carbons (Fsp3) is 0.438. The average Bonchev–Trinajstić information content (AvgIpc) is 2.43. The maximum atomic E-state index is 5.76. The molecule has 3 nitrogen and oxygen atoms in total. The lowest BCUT2D eigenvalue weighted by Gasteiger charge is -2.27. The minimum atomic E-state index is 0.493. The van der Waals surface area contributed by atoms with E-state index in [2.05, 4.69) is 54.9 Å². The lowest BCUT2D eigenvalue weighted by molar-refractivity contribution is 0.577. The molecule has 0 aliphatic carbocycles. The van der Waals surface area contributed by atoms with E-state index in [1.54, 1.807) is 0 Å². The lowest BCUT2D eigenvalue weighted by Crippen LogP contribution is -2.31. The Morgan fingerprint density at radius 2 is 2.05 bits per heavy atom. The van der Waals surface area contributed by atoms with Crippen LogP contribution in [-0.4, -0.2) is 24.6 Å². The summed E-state index contributed by atoms with van der Waals surface area (Å²) >= 11 is 0. The molecule has 0 aliphatic heterocycles. The van der Waals surface area contributed by atoms with Crippen molar-refractivity contribution in [1.82, 2.24) is 4.98 Å². The molecule has 0 spiro atoms. The molecule has 0 aliphatic rings. The first-order valence-corrected chi connectivity index (χ1v) is 6.97. The van der Waals surface area contributed by atoms with E-state index in [9.17, 15) is 0 Å². The molecule has 19 heavy (non-hydrogen) atoms. The van der Waals surface area contributed by atoms with Crippen molar-refractivity contribution in [3.8, 4) is 0 Å². The number of para-hydroxylation sites is 1. The van der Waals surface area contributed by atoms with Crippen LogP contribution in [0.3, 0.4) is 0 Å². The second-order valence-corrected chi connectivity index (χ2v) is 5.18. The third-order valence-electron chi connectivity index (χ3n) is 3.48. The van der Waals surface area contributed by atoms with Gasteiger partial charge >= 0.3 is 0 Å². The van der Waals surface area contributed by atoms with Crippen molar-refractivity contribution in [2.75, 3.05) is 24.5 Å². The van der Waals surface area contributed by atoms with Crippen molar-refractivity contribution in [3.05, 3.63) is 36.0 Å². The van der Waals surface area contributed by atoms with Gasteiger partial charge in [0.05, 0.1) is 5.52 Å². The van der Waals surface area contributed by atoms with E-state index in [4.69, 9.17) is 5.73 Å². The smallest absolute Gasteiger partial charge is 0.0726 e. The van der Waals surface area contributed by atoms with Gasteiger partial charge in [0.1, 0.15) is 0 Å². The summed E-state index contributed by atoms with van der Waals surface area (Å²) in [5.74, 6) is 0.493. The maximum Gasteiger partial charge on any atom is 0.0726 e. The van der Waals surface area contributed by atoms with E-state index in [-0.39, 0.29) is 0 Å².